The van der Waals surface area contributed by atoms with E-state index in [-0.39, 0.29) is 0 Å². The largest absolute Gasteiger partial charge is 0.312 e. The van der Waals surface area contributed by atoms with Gasteiger partial charge >= 0.3 is 0 Å². The van der Waals surface area contributed by atoms with Crippen molar-refractivity contribution in [3.05, 3.63) is 34.9 Å². The van der Waals surface area contributed by atoms with E-state index in [4.69, 9.17) is 23.2 Å². The predicted molar refractivity (Wildman–Crippen MR) is 74.7 cm³/mol. The van der Waals surface area contributed by atoms with Crippen LogP contribution in [-0.2, 0) is 6.54 Å². The van der Waals surface area contributed by atoms with Crippen molar-refractivity contribution in [2.45, 2.75) is 25.8 Å². The summed E-state index contributed by atoms with van der Waals surface area (Å²) >= 11 is 11.9. The van der Waals surface area contributed by atoms with Crippen molar-refractivity contribution in [2.24, 2.45) is 11.8 Å². The molecule has 1 saturated carbocycles. The maximum Gasteiger partial charge on any atom is 0.0409 e. The Hall–Kier alpha value is -0.240. The maximum atomic E-state index is 5.97. The molecule has 0 radical (unpaired) electrons. The van der Waals surface area contributed by atoms with Crippen molar-refractivity contribution >= 4 is 23.2 Å². The molecule has 0 spiro atoms. The van der Waals surface area contributed by atoms with Crippen LogP contribution in [0.4, 0.5) is 0 Å². The molecule has 1 aliphatic rings. The van der Waals surface area contributed by atoms with Crippen LogP contribution >= 0.6 is 23.2 Å². The molecule has 94 valence electrons. The standard InChI is InChI=1S/C14H19Cl2N/c15-8-12-4-2-5-13(12)10-17-9-11-3-1-6-14(16)7-11/h1,3,6-7,12-13,17H,2,4-5,8-10H2. The molecule has 1 fully saturated rings. The zero-order valence-corrected chi connectivity index (χ0v) is 11.5. The third-order valence-electron chi connectivity index (χ3n) is 3.64. The van der Waals surface area contributed by atoms with E-state index in [1.54, 1.807) is 0 Å². The van der Waals surface area contributed by atoms with Crippen molar-refractivity contribution in [3.8, 4) is 0 Å². The second kappa shape index (κ2) is 6.63. The molecule has 0 amide bonds. The SMILES string of the molecule is ClCC1CCCC1CNCc1cccc(Cl)c1. The number of hydrogen-bond donors (Lipinski definition) is 1. The summed E-state index contributed by atoms with van der Waals surface area (Å²) in [5.41, 5.74) is 1.25. The summed E-state index contributed by atoms with van der Waals surface area (Å²) in [7, 11) is 0. The molecular weight excluding hydrogens is 253 g/mol. The molecule has 0 saturated heterocycles. The molecule has 1 aromatic carbocycles. The van der Waals surface area contributed by atoms with Gasteiger partial charge < -0.3 is 5.32 Å². The zero-order chi connectivity index (χ0) is 12.1. The van der Waals surface area contributed by atoms with Gasteiger partial charge in [-0.15, -0.1) is 11.6 Å². The molecule has 1 aliphatic carbocycles. The number of benzene rings is 1. The fourth-order valence-corrected chi connectivity index (χ4v) is 3.25. The molecule has 1 aromatic rings. The minimum atomic E-state index is 0.712. The molecule has 0 aliphatic heterocycles. The van der Waals surface area contributed by atoms with Crippen LogP contribution in [0.15, 0.2) is 24.3 Å². The molecular formula is C14H19Cl2N. The first-order valence-corrected chi connectivity index (χ1v) is 7.22. The van der Waals surface area contributed by atoms with Gasteiger partial charge in [0.1, 0.15) is 0 Å². The summed E-state index contributed by atoms with van der Waals surface area (Å²) in [5.74, 6) is 2.28. The minimum absolute atomic E-state index is 0.712. The molecule has 0 aromatic heterocycles. The van der Waals surface area contributed by atoms with E-state index in [0.29, 0.717) is 5.92 Å². The van der Waals surface area contributed by atoms with Gasteiger partial charge in [0, 0.05) is 17.4 Å². The van der Waals surface area contributed by atoms with Crippen LogP contribution in [0.5, 0.6) is 0 Å². The van der Waals surface area contributed by atoms with Crippen molar-refractivity contribution in [2.75, 3.05) is 12.4 Å². The second-order valence-electron chi connectivity index (χ2n) is 4.87. The maximum absolute atomic E-state index is 5.97. The lowest BCUT2D eigenvalue weighted by atomic mass is 9.98. The number of rotatable bonds is 5. The third kappa shape index (κ3) is 3.87. The smallest absolute Gasteiger partial charge is 0.0409 e. The van der Waals surface area contributed by atoms with E-state index < -0.39 is 0 Å². The van der Waals surface area contributed by atoms with Gasteiger partial charge in [0.2, 0.25) is 0 Å². The van der Waals surface area contributed by atoms with Gasteiger partial charge in [-0.05, 0) is 48.9 Å². The van der Waals surface area contributed by atoms with Crippen LogP contribution < -0.4 is 5.32 Å². The highest BCUT2D eigenvalue weighted by molar-refractivity contribution is 6.30. The fourth-order valence-electron chi connectivity index (χ4n) is 2.63. The Balaban J connectivity index is 1.76. The van der Waals surface area contributed by atoms with Crippen molar-refractivity contribution < 1.29 is 0 Å². The van der Waals surface area contributed by atoms with E-state index in [0.717, 1.165) is 29.9 Å². The molecule has 2 atom stereocenters. The summed E-state index contributed by atoms with van der Waals surface area (Å²) < 4.78 is 0. The van der Waals surface area contributed by atoms with E-state index in [1.807, 2.05) is 18.2 Å². The molecule has 17 heavy (non-hydrogen) atoms. The third-order valence-corrected chi connectivity index (χ3v) is 4.27. The Labute approximate surface area is 114 Å². The first kappa shape index (κ1) is 13.2. The normalized spacial score (nSPS) is 24.1. The molecule has 1 nitrogen and oxygen atoms in total. The molecule has 0 bridgehead atoms. The Morgan fingerprint density at radius 1 is 1.24 bits per heavy atom. The highest BCUT2D eigenvalue weighted by Crippen LogP contribution is 2.31. The van der Waals surface area contributed by atoms with Gasteiger partial charge in [-0.1, -0.05) is 30.2 Å². The van der Waals surface area contributed by atoms with Crippen molar-refractivity contribution in [1.82, 2.24) is 5.32 Å². The van der Waals surface area contributed by atoms with Crippen molar-refractivity contribution in [1.29, 1.82) is 0 Å². The number of halogens is 2. The van der Waals surface area contributed by atoms with Crippen molar-refractivity contribution in [3.63, 3.8) is 0 Å². The van der Waals surface area contributed by atoms with Crippen LogP contribution in [-0.4, -0.2) is 12.4 Å². The Morgan fingerprint density at radius 2 is 2.06 bits per heavy atom. The van der Waals surface area contributed by atoms with Gasteiger partial charge in [0.05, 0.1) is 0 Å². The van der Waals surface area contributed by atoms with E-state index in [1.165, 1.54) is 24.8 Å². The Morgan fingerprint density at radius 3 is 2.82 bits per heavy atom. The molecule has 0 heterocycles. The zero-order valence-electron chi connectivity index (χ0n) is 9.96. The lowest BCUT2D eigenvalue weighted by Crippen LogP contribution is -2.25. The average Bonchev–Trinajstić information content (AvgIpc) is 2.77. The van der Waals surface area contributed by atoms with Gasteiger partial charge in [-0.2, -0.15) is 0 Å². The predicted octanol–water partition coefficient (Wildman–Crippen LogP) is 4.08. The lowest BCUT2D eigenvalue weighted by molar-refractivity contribution is 0.395. The van der Waals surface area contributed by atoms with E-state index in [9.17, 15) is 0 Å². The fraction of sp³-hybridized carbons (Fsp3) is 0.571. The van der Waals surface area contributed by atoms with Crippen LogP contribution in [0.2, 0.25) is 5.02 Å². The summed E-state index contributed by atoms with van der Waals surface area (Å²) in [5, 5.41) is 4.33. The second-order valence-corrected chi connectivity index (χ2v) is 5.61. The monoisotopic (exact) mass is 271 g/mol. The van der Waals surface area contributed by atoms with Crippen LogP contribution in [0.1, 0.15) is 24.8 Å². The Kier molecular flexibility index (Phi) is 5.15. The molecule has 1 N–H and O–H groups in total. The summed E-state index contributed by atoms with van der Waals surface area (Å²) in [6.07, 6.45) is 3.95. The number of hydrogen-bond acceptors (Lipinski definition) is 1. The highest BCUT2D eigenvalue weighted by Gasteiger charge is 2.25. The molecule has 3 heteroatoms. The highest BCUT2D eigenvalue weighted by atomic mass is 35.5. The lowest BCUT2D eigenvalue weighted by Gasteiger charge is -2.17. The average molecular weight is 272 g/mol. The first-order chi connectivity index (χ1) is 8.29. The van der Waals surface area contributed by atoms with E-state index >= 15 is 0 Å². The Bertz CT molecular complexity index is 354. The van der Waals surface area contributed by atoms with Gasteiger partial charge in [0.25, 0.3) is 0 Å². The first-order valence-electron chi connectivity index (χ1n) is 6.30. The quantitative estimate of drug-likeness (QED) is 0.796. The summed E-state index contributed by atoms with van der Waals surface area (Å²) in [4.78, 5) is 0. The van der Waals surface area contributed by atoms with E-state index in [2.05, 4.69) is 11.4 Å². The van der Waals surface area contributed by atoms with Crippen LogP contribution in [0, 0.1) is 11.8 Å². The van der Waals surface area contributed by atoms with Crippen LogP contribution in [0.3, 0.4) is 0 Å². The summed E-state index contributed by atoms with van der Waals surface area (Å²) in [6, 6.07) is 8.02. The van der Waals surface area contributed by atoms with Gasteiger partial charge in [-0.25, -0.2) is 0 Å². The van der Waals surface area contributed by atoms with Gasteiger partial charge in [-0.3, -0.25) is 0 Å². The molecule has 2 rings (SSSR count). The van der Waals surface area contributed by atoms with Gasteiger partial charge in [0.15, 0.2) is 0 Å². The minimum Gasteiger partial charge on any atom is -0.312 e. The number of alkyl halides is 1. The number of nitrogens with one attached hydrogen (secondary N) is 1. The summed E-state index contributed by atoms with van der Waals surface area (Å²) in [6.45, 7) is 1.97. The topological polar surface area (TPSA) is 12.0 Å². The molecule has 2 unspecified atom stereocenters. The van der Waals surface area contributed by atoms with Crippen LogP contribution in [0.25, 0.3) is 0 Å².